The topological polar surface area (TPSA) is 41.1 Å². The Bertz CT molecular complexity index is 588. The molecule has 0 heterocycles. The summed E-state index contributed by atoms with van der Waals surface area (Å²) >= 11 is 3.51. The molecule has 20 heavy (non-hydrogen) atoms. The first-order chi connectivity index (χ1) is 9.56. The standard InChI is InChI=1S/C16H17BrN2O/c1-11-8-14(9-12(2)15(11)17)19-16(20)18-10-13-6-4-3-5-7-13/h3-9H,10H2,1-2H3,(H2,18,19,20). The van der Waals surface area contributed by atoms with Gasteiger partial charge in [0.25, 0.3) is 0 Å². The summed E-state index contributed by atoms with van der Waals surface area (Å²) in [7, 11) is 0. The van der Waals surface area contributed by atoms with Crippen LogP contribution < -0.4 is 10.6 Å². The van der Waals surface area contributed by atoms with Gasteiger partial charge in [0.15, 0.2) is 0 Å². The van der Waals surface area contributed by atoms with Crippen LogP contribution >= 0.6 is 15.9 Å². The molecule has 0 aliphatic heterocycles. The van der Waals surface area contributed by atoms with Crippen molar-refractivity contribution >= 4 is 27.6 Å². The molecule has 0 aliphatic carbocycles. The average molecular weight is 333 g/mol. The molecule has 2 amide bonds. The van der Waals surface area contributed by atoms with E-state index in [0.29, 0.717) is 6.54 Å². The van der Waals surface area contributed by atoms with Gasteiger partial charge in [-0.25, -0.2) is 4.79 Å². The largest absolute Gasteiger partial charge is 0.334 e. The van der Waals surface area contributed by atoms with Crippen LogP contribution in [0.3, 0.4) is 0 Å². The molecule has 2 rings (SSSR count). The Morgan fingerprint density at radius 3 is 2.30 bits per heavy atom. The summed E-state index contributed by atoms with van der Waals surface area (Å²) in [6.07, 6.45) is 0. The minimum absolute atomic E-state index is 0.199. The molecular formula is C16H17BrN2O. The van der Waals surface area contributed by atoms with Crippen molar-refractivity contribution in [2.75, 3.05) is 5.32 Å². The van der Waals surface area contributed by atoms with Crippen LogP contribution in [0.25, 0.3) is 0 Å². The van der Waals surface area contributed by atoms with Crippen LogP contribution in [0.1, 0.15) is 16.7 Å². The van der Waals surface area contributed by atoms with Gasteiger partial charge in [0.1, 0.15) is 0 Å². The van der Waals surface area contributed by atoms with Gasteiger partial charge < -0.3 is 10.6 Å². The molecule has 2 aromatic carbocycles. The highest BCUT2D eigenvalue weighted by atomic mass is 79.9. The lowest BCUT2D eigenvalue weighted by atomic mass is 10.1. The van der Waals surface area contributed by atoms with E-state index >= 15 is 0 Å². The molecule has 0 radical (unpaired) electrons. The van der Waals surface area contributed by atoms with Gasteiger partial charge in [-0.15, -0.1) is 0 Å². The van der Waals surface area contributed by atoms with Gasteiger partial charge in [-0.1, -0.05) is 46.3 Å². The lowest BCUT2D eigenvalue weighted by molar-refractivity contribution is 0.251. The molecule has 3 nitrogen and oxygen atoms in total. The van der Waals surface area contributed by atoms with Crippen LogP contribution in [0.5, 0.6) is 0 Å². The number of anilines is 1. The van der Waals surface area contributed by atoms with Crippen molar-refractivity contribution in [1.82, 2.24) is 5.32 Å². The zero-order valence-corrected chi connectivity index (χ0v) is 13.1. The second kappa shape index (κ2) is 6.57. The first-order valence-corrected chi connectivity index (χ1v) is 7.21. The van der Waals surface area contributed by atoms with Crippen molar-refractivity contribution in [3.63, 3.8) is 0 Å². The van der Waals surface area contributed by atoms with E-state index in [1.807, 2.05) is 56.3 Å². The Morgan fingerprint density at radius 2 is 1.70 bits per heavy atom. The van der Waals surface area contributed by atoms with Crippen molar-refractivity contribution in [2.45, 2.75) is 20.4 Å². The second-order valence-corrected chi connectivity index (χ2v) is 5.51. The molecule has 2 aromatic rings. The van der Waals surface area contributed by atoms with Gasteiger partial charge in [0, 0.05) is 16.7 Å². The van der Waals surface area contributed by atoms with E-state index in [9.17, 15) is 4.79 Å². The van der Waals surface area contributed by atoms with Gasteiger partial charge >= 0.3 is 6.03 Å². The fourth-order valence-corrected chi connectivity index (χ4v) is 2.20. The van der Waals surface area contributed by atoms with E-state index in [1.54, 1.807) is 0 Å². The number of benzene rings is 2. The number of urea groups is 1. The van der Waals surface area contributed by atoms with Gasteiger partial charge in [-0.3, -0.25) is 0 Å². The Labute approximate surface area is 127 Å². The van der Waals surface area contributed by atoms with Crippen LogP contribution in [0.4, 0.5) is 10.5 Å². The summed E-state index contributed by atoms with van der Waals surface area (Å²) < 4.78 is 1.08. The summed E-state index contributed by atoms with van der Waals surface area (Å²) in [5, 5.41) is 5.69. The Morgan fingerprint density at radius 1 is 1.10 bits per heavy atom. The number of amides is 2. The van der Waals surface area contributed by atoms with Crippen LogP contribution in [-0.4, -0.2) is 6.03 Å². The second-order valence-electron chi connectivity index (χ2n) is 4.72. The summed E-state index contributed by atoms with van der Waals surface area (Å²) in [6.45, 7) is 4.52. The van der Waals surface area contributed by atoms with Gasteiger partial charge in [0.2, 0.25) is 0 Å². The molecule has 0 fully saturated rings. The number of hydrogen-bond acceptors (Lipinski definition) is 1. The summed E-state index contributed by atoms with van der Waals surface area (Å²) in [6, 6.07) is 13.5. The molecule has 0 saturated heterocycles. The monoisotopic (exact) mass is 332 g/mol. The molecule has 4 heteroatoms. The number of carbonyl (C=O) groups excluding carboxylic acids is 1. The average Bonchev–Trinajstić information content (AvgIpc) is 2.43. The zero-order valence-electron chi connectivity index (χ0n) is 11.5. The number of nitrogens with one attached hydrogen (secondary N) is 2. The smallest absolute Gasteiger partial charge is 0.319 e. The Hall–Kier alpha value is -1.81. The molecule has 2 N–H and O–H groups in total. The SMILES string of the molecule is Cc1cc(NC(=O)NCc2ccccc2)cc(C)c1Br. The minimum atomic E-state index is -0.199. The highest BCUT2D eigenvalue weighted by molar-refractivity contribution is 9.10. The van der Waals surface area contributed by atoms with E-state index in [2.05, 4.69) is 26.6 Å². The highest BCUT2D eigenvalue weighted by Gasteiger charge is 2.05. The number of aryl methyl sites for hydroxylation is 2. The van der Waals surface area contributed by atoms with Crippen molar-refractivity contribution in [1.29, 1.82) is 0 Å². The highest BCUT2D eigenvalue weighted by Crippen LogP contribution is 2.24. The summed E-state index contributed by atoms with van der Waals surface area (Å²) in [5.74, 6) is 0. The maximum atomic E-state index is 11.9. The van der Waals surface area contributed by atoms with Crippen molar-refractivity contribution in [3.8, 4) is 0 Å². The third-order valence-corrected chi connectivity index (χ3v) is 4.24. The predicted octanol–water partition coefficient (Wildman–Crippen LogP) is 4.39. The lowest BCUT2D eigenvalue weighted by Crippen LogP contribution is -2.28. The zero-order chi connectivity index (χ0) is 14.5. The number of hydrogen-bond donors (Lipinski definition) is 2. The predicted molar refractivity (Wildman–Crippen MR) is 85.9 cm³/mol. The Balaban J connectivity index is 1.95. The number of carbonyl (C=O) groups is 1. The fraction of sp³-hybridized carbons (Fsp3) is 0.188. The van der Waals surface area contributed by atoms with Gasteiger partial charge in [-0.2, -0.15) is 0 Å². The van der Waals surface area contributed by atoms with Crippen LogP contribution in [0, 0.1) is 13.8 Å². The molecular weight excluding hydrogens is 316 g/mol. The van der Waals surface area contributed by atoms with Crippen molar-refractivity contribution < 1.29 is 4.79 Å². The maximum absolute atomic E-state index is 11.9. The molecule has 0 bridgehead atoms. The van der Waals surface area contributed by atoms with Crippen molar-refractivity contribution in [3.05, 3.63) is 63.6 Å². The molecule has 0 aromatic heterocycles. The molecule has 0 spiro atoms. The maximum Gasteiger partial charge on any atom is 0.319 e. The summed E-state index contributed by atoms with van der Waals surface area (Å²) in [5.41, 5.74) is 4.08. The number of halogens is 1. The lowest BCUT2D eigenvalue weighted by Gasteiger charge is -2.11. The normalized spacial score (nSPS) is 10.2. The fourth-order valence-electron chi connectivity index (χ4n) is 1.97. The van der Waals surface area contributed by atoms with E-state index in [4.69, 9.17) is 0 Å². The Kier molecular flexibility index (Phi) is 4.79. The third kappa shape index (κ3) is 3.84. The quantitative estimate of drug-likeness (QED) is 0.859. The molecule has 0 atom stereocenters. The van der Waals surface area contributed by atoms with E-state index < -0.39 is 0 Å². The summed E-state index contributed by atoms with van der Waals surface area (Å²) in [4.78, 5) is 11.9. The first-order valence-electron chi connectivity index (χ1n) is 6.42. The minimum Gasteiger partial charge on any atom is -0.334 e. The third-order valence-electron chi connectivity index (χ3n) is 2.99. The van der Waals surface area contributed by atoms with E-state index in [1.165, 1.54) is 0 Å². The van der Waals surface area contributed by atoms with Crippen molar-refractivity contribution in [2.24, 2.45) is 0 Å². The van der Waals surface area contributed by atoms with Crippen LogP contribution in [0.15, 0.2) is 46.9 Å². The van der Waals surface area contributed by atoms with Gasteiger partial charge in [0.05, 0.1) is 0 Å². The molecule has 0 aliphatic rings. The van der Waals surface area contributed by atoms with Crippen LogP contribution in [-0.2, 0) is 6.54 Å². The van der Waals surface area contributed by atoms with E-state index in [0.717, 1.165) is 26.9 Å². The number of rotatable bonds is 3. The van der Waals surface area contributed by atoms with Crippen LogP contribution in [0.2, 0.25) is 0 Å². The molecule has 0 unspecified atom stereocenters. The first kappa shape index (κ1) is 14.6. The molecule has 104 valence electrons. The van der Waals surface area contributed by atoms with E-state index in [-0.39, 0.29) is 6.03 Å². The molecule has 0 saturated carbocycles. The van der Waals surface area contributed by atoms with Gasteiger partial charge in [-0.05, 0) is 42.7 Å².